The first-order chi connectivity index (χ1) is 15.4. The van der Waals surface area contributed by atoms with Crippen molar-refractivity contribution >= 4 is 5.97 Å². The summed E-state index contributed by atoms with van der Waals surface area (Å²) in [6.45, 7) is -0.402. The second-order valence-corrected chi connectivity index (χ2v) is 7.01. The van der Waals surface area contributed by atoms with Gasteiger partial charge < -0.3 is 9.84 Å². The van der Waals surface area contributed by atoms with Crippen molar-refractivity contribution in [2.45, 2.75) is 6.54 Å². The first-order valence-electron chi connectivity index (χ1n) is 9.62. The molecular weight excluding hydrogens is 421 g/mol. The van der Waals surface area contributed by atoms with Gasteiger partial charge in [0.25, 0.3) is 0 Å². The number of aromatic nitrogens is 2. The Balaban J connectivity index is 1.84. The SMILES string of the molecule is O=C(O)COc1cc(F)c(F)cc1-c1cc(-c2cccc(F)c2)n(Cc2ccccc2)n1. The average Bonchev–Trinajstić information content (AvgIpc) is 3.18. The summed E-state index contributed by atoms with van der Waals surface area (Å²) in [7, 11) is 0. The van der Waals surface area contributed by atoms with Crippen molar-refractivity contribution in [2.24, 2.45) is 0 Å². The molecule has 1 N–H and O–H groups in total. The molecule has 0 saturated heterocycles. The molecule has 0 aliphatic heterocycles. The second-order valence-electron chi connectivity index (χ2n) is 7.01. The quantitative estimate of drug-likeness (QED) is 0.434. The summed E-state index contributed by atoms with van der Waals surface area (Å²) in [6, 6.07) is 18.6. The first-order valence-corrected chi connectivity index (χ1v) is 9.62. The minimum atomic E-state index is -1.27. The fourth-order valence-corrected chi connectivity index (χ4v) is 3.29. The topological polar surface area (TPSA) is 64.3 Å². The van der Waals surface area contributed by atoms with Gasteiger partial charge in [0, 0.05) is 17.2 Å². The second kappa shape index (κ2) is 8.97. The molecule has 1 heterocycles. The molecule has 0 unspecified atom stereocenters. The van der Waals surface area contributed by atoms with Crippen LogP contribution in [0.15, 0.2) is 72.8 Å². The van der Waals surface area contributed by atoms with Crippen molar-refractivity contribution in [3.05, 3.63) is 95.8 Å². The highest BCUT2D eigenvalue weighted by Crippen LogP contribution is 2.34. The van der Waals surface area contributed by atoms with E-state index in [0.717, 1.165) is 17.7 Å². The Bertz CT molecular complexity index is 1270. The summed E-state index contributed by atoms with van der Waals surface area (Å²) in [4.78, 5) is 10.9. The Morgan fingerprint density at radius 2 is 1.69 bits per heavy atom. The van der Waals surface area contributed by atoms with E-state index in [0.29, 0.717) is 17.8 Å². The summed E-state index contributed by atoms with van der Waals surface area (Å²) in [5.41, 5.74) is 2.30. The van der Waals surface area contributed by atoms with Gasteiger partial charge in [-0.05, 0) is 29.8 Å². The Hall–Kier alpha value is -4.07. The molecule has 0 radical (unpaired) electrons. The Morgan fingerprint density at radius 1 is 0.938 bits per heavy atom. The lowest BCUT2D eigenvalue weighted by atomic mass is 10.1. The monoisotopic (exact) mass is 438 g/mol. The van der Waals surface area contributed by atoms with Crippen LogP contribution in [0.4, 0.5) is 13.2 Å². The molecule has 0 saturated carbocycles. The number of carbonyl (C=O) groups is 1. The lowest BCUT2D eigenvalue weighted by molar-refractivity contribution is -0.139. The number of ether oxygens (including phenoxy) is 1. The van der Waals surface area contributed by atoms with E-state index in [1.807, 2.05) is 30.3 Å². The van der Waals surface area contributed by atoms with E-state index in [4.69, 9.17) is 9.84 Å². The van der Waals surface area contributed by atoms with Crippen LogP contribution in [0.25, 0.3) is 22.5 Å². The molecule has 0 bridgehead atoms. The smallest absolute Gasteiger partial charge is 0.341 e. The number of carboxylic acid groups (broad SMARTS) is 1. The summed E-state index contributed by atoms with van der Waals surface area (Å²) in [6.07, 6.45) is 0. The Morgan fingerprint density at radius 3 is 2.41 bits per heavy atom. The molecule has 0 amide bonds. The molecule has 4 rings (SSSR count). The molecule has 4 aromatic rings. The van der Waals surface area contributed by atoms with E-state index < -0.39 is 30.0 Å². The Labute approximate surface area is 181 Å². The highest BCUT2D eigenvalue weighted by Gasteiger charge is 2.19. The van der Waals surface area contributed by atoms with Crippen molar-refractivity contribution < 1.29 is 27.8 Å². The zero-order chi connectivity index (χ0) is 22.7. The number of hydrogen-bond donors (Lipinski definition) is 1. The van der Waals surface area contributed by atoms with Crippen molar-refractivity contribution in [1.82, 2.24) is 9.78 Å². The standard InChI is InChI=1S/C24H17F3N2O3/c25-17-8-4-7-16(9-17)22-12-21(28-29(22)13-15-5-2-1-3-6-15)18-10-19(26)20(27)11-23(18)32-14-24(30)31/h1-12H,13-14H2,(H,30,31). The lowest BCUT2D eigenvalue weighted by Gasteiger charge is -2.09. The van der Waals surface area contributed by atoms with Gasteiger partial charge >= 0.3 is 5.97 Å². The number of carboxylic acids is 1. The highest BCUT2D eigenvalue weighted by atomic mass is 19.2. The molecule has 3 aromatic carbocycles. The number of benzene rings is 3. The van der Waals surface area contributed by atoms with Crippen LogP contribution in [0.2, 0.25) is 0 Å². The third-order valence-electron chi connectivity index (χ3n) is 4.73. The zero-order valence-corrected chi connectivity index (χ0v) is 16.6. The molecular formula is C24H17F3N2O3. The van der Waals surface area contributed by atoms with E-state index in [9.17, 15) is 18.0 Å². The minimum absolute atomic E-state index is 0.0783. The van der Waals surface area contributed by atoms with Gasteiger partial charge in [0.15, 0.2) is 18.2 Å². The first kappa shape index (κ1) is 21.2. The summed E-state index contributed by atoms with van der Waals surface area (Å²) in [5, 5.41) is 13.4. The van der Waals surface area contributed by atoms with Gasteiger partial charge in [0.2, 0.25) is 0 Å². The third kappa shape index (κ3) is 4.64. The van der Waals surface area contributed by atoms with Crippen LogP contribution in [0, 0.1) is 17.5 Å². The molecule has 0 atom stereocenters. The maximum Gasteiger partial charge on any atom is 0.341 e. The average molecular weight is 438 g/mol. The van der Waals surface area contributed by atoms with Gasteiger partial charge in [-0.1, -0.05) is 42.5 Å². The van der Waals surface area contributed by atoms with E-state index in [1.165, 1.54) is 12.1 Å². The number of halogens is 3. The zero-order valence-electron chi connectivity index (χ0n) is 16.6. The number of hydrogen-bond acceptors (Lipinski definition) is 3. The maximum atomic E-state index is 14.0. The van der Waals surface area contributed by atoms with Crippen LogP contribution in [-0.2, 0) is 11.3 Å². The number of nitrogens with zero attached hydrogens (tertiary/aromatic N) is 2. The van der Waals surface area contributed by atoms with Crippen molar-refractivity contribution in [3.63, 3.8) is 0 Å². The van der Waals surface area contributed by atoms with E-state index in [1.54, 1.807) is 22.9 Å². The molecule has 8 heteroatoms. The molecule has 0 spiro atoms. The lowest BCUT2D eigenvalue weighted by Crippen LogP contribution is -2.10. The van der Waals surface area contributed by atoms with Gasteiger partial charge in [-0.25, -0.2) is 18.0 Å². The molecule has 32 heavy (non-hydrogen) atoms. The number of rotatable bonds is 7. The molecule has 0 fully saturated rings. The normalized spacial score (nSPS) is 10.8. The van der Waals surface area contributed by atoms with Crippen molar-refractivity contribution in [3.8, 4) is 28.3 Å². The van der Waals surface area contributed by atoms with Crippen molar-refractivity contribution in [1.29, 1.82) is 0 Å². The number of aliphatic carboxylic acids is 1. The molecule has 1 aromatic heterocycles. The summed E-state index contributed by atoms with van der Waals surface area (Å²) in [5.74, 6) is -4.18. The van der Waals surface area contributed by atoms with Crippen LogP contribution in [-0.4, -0.2) is 27.5 Å². The van der Waals surface area contributed by atoms with Gasteiger partial charge in [-0.15, -0.1) is 0 Å². The highest BCUT2D eigenvalue weighted by molar-refractivity contribution is 5.74. The van der Waals surface area contributed by atoms with E-state index >= 15 is 0 Å². The van der Waals surface area contributed by atoms with Gasteiger partial charge in [-0.3, -0.25) is 4.68 Å². The van der Waals surface area contributed by atoms with E-state index in [-0.39, 0.29) is 17.0 Å². The van der Waals surface area contributed by atoms with Gasteiger partial charge in [-0.2, -0.15) is 5.10 Å². The minimum Gasteiger partial charge on any atom is -0.481 e. The summed E-state index contributed by atoms with van der Waals surface area (Å²) >= 11 is 0. The van der Waals surface area contributed by atoms with Crippen LogP contribution in [0.5, 0.6) is 5.75 Å². The van der Waals surface area contributed by atoms with Crippen LogP contribution in [0.1, 0.15) is 5.56 Å². The molecule has 0 aliphatic rings. The fraction of sp³-hybridized carbons (Fsp3) is 0.0833. The largest absolute Gasteiger partial charge is 0.481 e. The van der Waals surface area contributed by atoms with Crippen LogP contribution in [0.3, 0.4) is 0 Å². The predicted octanol–water partition coefficient (Wildman–Crippen LogP) is 5.15. The molecule has 162 valence electrons. The molecule has 0 aliphatic carbocycles. The Kier molecular flexibility index (Phi) is 5.93. The van der Waals surface area contributed by atoms with Gasteiger partial charge in [0.1, 0.15) is 11.6 Å². The third-order valence-corrected chi connectivity index (χ3v) is 4.73. The summed E-state index contributed by atoms with van der Waals surface area (Å²) < 4.78 is 48.5. The maximum absolute atomic E-state index is 14.0. The van der Waals surface area contributed by atoms with Crippen LogP contribution < -0.4 is 4.74 Å². The van der Waals surface area contributed by atoms with Crippen LogP contribution >= 0.6 is 0 Å². The molecule has 5 nitrogen and oxygen atoms in total. The van der Waals surface area contributed by atoms with E-state index in [2.05, 4.69) is 5.10 Å². The predicted molar refractivity (Wildman–Crippen MR) is 112 cm³/mol. The van der Waals surface area contributed by atoms with Crippen molar-refractivity contribution in [2.75, 3.05) is 6.61 Å². The van der Waals surface area contributed by atoms with Gasteiger partial charge in [0.05, 0.1) is 17.9 Å². The fourth-order valence-electron chi connectivity index (χ4n) is 3.29.